The molecule has 1 heterocycles. The Balaban J connectivity index is 1.85. The van der Waals surface area contributed by atoms with E-state index in [1.807, 2.05) is 0 Å². The summed E-state index contributed by atoms with van der Waals surface area (Å²) >= 11 is 12.1. The average Bonchev–Trinajstić information content (AvgIpc) is 2.69. The molecular weight excluding hydrogens is 417 g/mol. The lowest BCUT2D eigenvalue weighted by molar-refractivity contribution is -0.116. The van der Waals surface area contributed by atoms with Crippen molar-refractivity contribution in [3.63, 3.8) is 0 Å². The first kappa shape index (κ1) is 20.7. The summed E-state index contributed by atoms with van der Waals surface area (Å²) in [7, 11) is 1.45. The van der Waals surface area contributed by atoms with Crippen molar-refractivity contribution in [3.8, 4) is 5.75 Å². The summed E-state index contributed by atoms with van der Waals surface area (Å²) < 4.78 is 7.34. The third-order valence-corrected chi connectivity index (χ3v) is 4.78. The highest BCUT2D eigenvalue weighted by Crippen LogP contribution is 2.27. The molecule has 2 aromatic carbocycles. The molecule has 7 nitrogen and oxygen atoms in total. The smallest absolute Gasteiger partial charge is 0.331 e. The second-order valence-electron chi connectivity index (χ2n) is 6.13. The van der Waals surface area contributed by atoms with Crippen molar-refractivity contribution >= 4 is 34.8 Å². The molecule has 0 bridgehead atoms. The first-order valence-electron chi connectivity index (χ1n) is 8.56. The van der Waals surface area contributed by atoms with Crippen LogP contribution in [-0.4, -0.2) is 22.2 Å². The van der Waals surface area contributed by atoms with Gasteiger partial charge in [0.25, 0.3) is 5.56 Å². The van der Waals surface area contributed by atoms with E-state index < -0.39 is 23.7 Å². The number of methoxy groups -OCH3 is 1. The van der Waals surface area contributed by atoms with Crippen LogP contribution in [0, 0.1) is 0 Å². The number of nitrogens with zero attached hydrogens (tertiary/aromatic N) is 2. The summed E-state index contributed by atoms with van der Waals surface area (Å²) in [6.45, 7) is -0.292. The van der Waals surface area contributed by atoms with Crippen molar-refractivity contribution in [2.24, 2.45) is 0 Å². The predicted octanol–water partition coefficient (Wildman–Crippen LogP) is 3.01. The van der Waals surface area contributed by atoms with Crippen LogP contribution >= 0.6 is 23.2 Å². The summed E-state index contributed by atoms with van der Waals surface area (Å²) in [6, 6.07) is 13.0. The Bertz CT molecular complexity index is 1170. The van der Waals surface area contributed by atoms with Crippen LogP contribution in [0.15, 0.2) is 64.3 Å². The van der Waals surface area contributed by atoms with E-state index in [0.29, 0.717) is 21.5 Å². The van der Waals surface area contributed by atoms with Crippen LogP contribution in [-0.2, 0) is 17.9 Å². The summed E-state index contributed by atoms with van der Waals surface area (Å²) in [5.74, 6) is -0.167. The maximum Gasteiger partial charge on any atom is 0.331 e. The van der Waals surface area contributed by atoms with Gasteiger partial charge in [0.1, 0.15) is 12.3 Å². The summed E-state index contributed by atoms with van der Waals surface area (Å²) in [5.41, 5.74) is -0.149. The van der Waals surface area contributed by atoms with Gasteiger partial charge in [0, 0.05) is 22.3 Å². The SMILES string of the molecule is COc1ccc(Cl)cc1NC(=O)Cn1c(=O)ccn(Cc2ccccc2Cl)c1=O. The van der Waals surface area contributed by atoms with Gasteiger partial charge in [0.2, 0.25) is 5.91 Å². The Labute approximate surface area is 176 Å². The number of halogens is 2. The Hall–Kier alpha value is -3.03. The van der Waals surface area contributed by atoms with Crippen molar-refractivity contribution in [3.05, 3.63) is 91.2 Å². The Morgan fingerprint density at radius 1 is 1.10 bits per heavy atom. The molecule has 150 valence electrons. The molecule has 1 amide bonds. The van der Waals surface area contributed by atoms with Crippen molar-refractivity contribution in [2.75, 3.05) is 12.4 Å². The summed E-state index contributed by atoms with van der Waals surface area (Å²) in [6.07, 6.45) is 1.38. The molecule has 0 saturated heterocycles. The lowest BCUT2D eigenvalue weighted by Crippen LogP contribution is -2.41. The molecule has 0 atom stereocenters. The van der Waals surface area contributed by atoms with Gasteiger partial charge in [-0.2, -0.15) is 0 Å². The van der Waals surface area contributed by atoms with Gasteiger partial charge < -0.3 is 10.1 Å². The number of carbonyl (C=O) groups is 1. The van der Waals surface area contributed by atoms with E-state index in [2.05, 4.69) is 5.32 Å². The van der Waals surface area contributed by atoms with Crippen LogP contribution in [0.4, 0.5) is 5.69 Å². The highest BCUT2D eigenvalue weighted by Gasteiger charge is 2.13. The van der Waals surface area contributed by atoms with Gasteiger partial charge in [-0.1, -0.05) is 41.4 Å². The highest BCUT2D eigenvalue weighted by molar-refractivity contribution is 6.31. The first-order chi connectivity index (χ1) is 13.9. The summed E-state index contributed by atoms with van der Waals surface area (Å²) in [5, 5.41) is 3.51. The van der Waals surface area contributed by atoms with E-state index in [1.54, 1.807) is 36.4 Å². The minimum Gasteiger partial charge on any atom is -0.495 e. The lowest BCUT2D eigenvalue weighted by atomic mass is 10.2. The molecular formula is C20H17Cl2N3O4. The fourth-order valence-corrected chi connectivity index (χ4v) is 3.11. The number of amides is 1. The molecule has 0 spiro atoms. The van der Waals surface area contributed by atoms with Crippen molar-refractivity contribution < 1.29 is 9.53 Å². The monoisotopic (exact) mass is 433 g/mol. The number of rotatable bonds is 6. The van der Waals surface area contributed by atoms with E-state index in [0.717, 1.165) is 10.1 Å². The van der Waals surface area contributed by atoms with E-state index >= 15 is 0 Å². The van der Waals surface area contributed by atoms with Gasteiger partial charge in [-0.15, -0.1) is 0 Å². The van der Waals surface area contributed by atoms with Gasteiger partial charge in [0.15, 0.2) is 0 Å². The fraction of sp³-hybridized carbons (Fsp3) is 0.150. The van der Waals surface area contributed by atoms with Crippen LogP contribution in [0.3, 0.4) is 0 Å². The number of benzene rings is 2. The molecule has 3 rings (SSSR count). The Kier molecular flexibility index (Phi) is 6.41. The van der Waals surface area contributed by atoms with E-state index in [4.69, 9.17) is 27.9 Å². The molecule has 0 aliphatic heterocycles. The number of hydrogen-bond donors (Lipinski definition) is 1. The van der Waals surface area contributed by atoms with Crippen LogP contribution in [0.1, 0.15) is 5.56 Å². The predicted molar refractivity (Wildman–Crippen MR) is 112 cm³/mol. The molecule has 0 saturated carbocycles. The largest absolute Gasteiger partial charge is 0.495 e. The van der Waals surface area contributed by atoms with E-state index in [1.165, 1.54) is 30.0 Å². The Morgan fingerprint density at radius 3 is 2.59 bits per heavy atom. The van der Waals surface area contributed by atoms with Gasteiger partial charge in [0.05, 0.1) is 19.3 Å². The molecule has 0 aliphatic rings. The molecule has 1 aromatic heterocycles. The molecule has 3 aromatic rings. The third-order valence-electron chi connectivity index (χ3n) is 4.18. The number of nitrogens with one attached hydrogen (secondary N) is 1. The first-order valence-corrected chi connectivity index (χ1v) is 9.31. The van der Waals surface area contributed by atoms with E-state index in [9.17, 15) is 14.4 Å². The van der Waals surface area contributed by atoms with Gasteiger partial charge >= 0.3 is 5.69 Å². The van der Waals surface area contributed by atoms with Crippen molar-refractivity contribution in [2.45, 2.75) is 13.1 Å². The molecule has 29 heavy (non-hydrogen) atoms. The zero-order chi connectivity index (χ0) is 21.0. The van der Waals surface area contributed by atoms with E-state index in [-0.39, 0.29) is 6.54 Å². The second kappa shape index (κ2) is 8.98. The van der Waals surface area contributed by atoms with Crippen LogP contribution < -0.4 is 21.3 Å². The minimum absolute atomic E-state index is 0.169. The standard InChI is InChI=1S/C20H17Cl2N3O4/c1-29-17-7-6-14(21)10-16(17)23-18(26)12-25-19(27)8-9-24(20(25)28)11-13-4-2-3-5-15(13)22/h2-10H,11-12H2,1H3,(H,23,26). The summed E-state index contributed by atoms with van der Waals surface area (Å²) in [4.78, 5) is 37.4. The van der Waals surface area contributed by atoms with Gasteiger partial charge in [-0.25, -0.2) is 4.79 Å². The second-order valence-corrected chi connectivity index (χ2v) is 6.98. The van der Waals surface area contributed by atoms with Crippen molar-refractivity contribution in [1.29, 1.82) is 0 Å². The van der Waals surface area contributed by atoms with Crippen LogP contribution in [0.5, 0.6) is 5.75 Å². The lowest BCUT2D eigenvalue weighted by Gasteiger charge is -2.13. The molecule has 0 aliphatic carbocycles. The fourth-order valence-electron chi connectivity index (χ4n) is 2.74. The molecule has 9 heteroatoms. The maximum atomic E-state index is 12.7. The highest BCUT2D eigenvalue weighted by atomic mass is 35.5. The number of hydrogen-bond acceptors (Lipinski definition) is 4. The van der Waals surface area contributed by atoms with Crippen LogP contribution in [0.2, 0.25) is 10.0 Å². The molecule has 0 unspecified atom stereocenters. The molecule has 0 radical (unpaired) electrons. The van der Waals surface area contributed by atoms with Gasteiger partial charge in [-0.05, 0) is 29.8 Å². The molecule has 1 N–H and O–H groups in total. The quantitative estimate of drug-likeness (QED) is 0.647. The zero-order valence-corrected chi connectivity index (χ0v) is 16.9. The number of carbonyl (C=O) groups excluding carboxylic acids is 1. The number of ether oxygens (including phenoxy) is 1. The number of anilines is 1. The number of aromatic nitrogens is 2. The average molecular weight is 434 g/mol. The Morgan fingerprint density at radius 2 is 1.86 bits per heavy atom. The normalized spacial score (nSPS) is 10.6. The topological polar surface area (TPSA) is 82.3 Å². The van der Waals surface area contributed by atoms with Gasteiger partial charge in [-0.3, -0.25) is 18.7 Å². The molecule has 0 fully saturated rings. The van der Waals surface area contributed by atoms with Crippen molar-refractivity contribution in [1.82, 2.24) is 9.13 Å². The maximum absolute atomic E-state index is 12.7. The van der Waals surface area contributed by atoms with Crippen LogP contribution in [0.25, 0.3) is 0 Å². The third kappa shape index (κ3) is 4.88. The zero-order valence-electron chi connectivity index (χ0n) is 15.4. The minimum atomic E-state index is -0.620.